The maximum absolute atomic E-state index is 13.9. The van der Waals surface area contributed by atoms with Gasteiger partial charge in [0.15, 0.2) is 22.8 Å². The number of aromatic nitrogens is 2. The Labute approximate surface area is 461 Å². The summed E-state index contributed by atoms with van der Waals surface area (Å²) in [5.41, 5.74) is 7.35. The summed E-state index contributed by atoms with van der Waals surface area (Å²) >= 11 is 0. The fraction of sp³-hybridized carbons (Fsp3) is 0.524. The number of rotatable bonds is 13. The van der Waals surface area contributed by atoms with Crippen molar-refractivity contribution in [3.8, 4) is 17.1 Å². The zero-order chi connectivity index (χ0) is 55.7. The summed E-state index contributed by atoms with van der Waals surface area (Å²) in [6.45, 7) is 11.4. The number of carbonyl (C=O) groups excluding carboxylic acids is 6. The van der Waals surface area contributed by atoms with Crippen LogP contribution in [0.4, 0.5) is 10.5 Å². The van der Waals surface area contributed by atoms with Crippen molar-refractivity contribution in [3.63, 3.8) is 0 Å². The first-order chi connectivity index (χ1) is 37.9. The fourth-order valence-corrected chi connectivity index (χ4v) is 15.1. The minimum Gasteiger partial charge on any atom is -0.458 e. The van der Waals surface area contributed by atoms with Crippen LogP contribution in [-0.2, 0) is 59.4 Å². The average molecular weight is 1080 g/mol. The molecule has 0 bridgehead atoms. The van der Waals surface area contributed by atoms with Crippen LogP contribution in [0.1, 0.15) is 145 Å². The highest BCUT2D eigenvalue weighted by Crippen LogP contribution is 2.68. The molecule has 0 spiro atoms. The molecule has 11 rings (SSSR count). The number of nitrogens with zero attached hydrogens (tertiary/aromatic N) is 5. The van der Waals surface area contributed by atoms with Gasteiger partial charge in [0.1, 0.15) is 12.4 Å². The number of Topliss-reactive ketones (excluding diaryl/α,β-unsaturated/α-hetero) is 1. The number of unbranched alkanes of at least 4 members (excludes halogenated alkanes) is 2. The standard InChI is InChI=1S/C63H73N5O11/c1-7-45-48-32-44(19-22-53(48)64-57-50(45)35-68-54(57)31-41-33-62(76,8-2)59(74)77-36-51(41)58(68)73)78-60(75)67-28-26-66(27-29-67)55(72)12-10-9-11-25-65(6)42-16-13-39(14-17-42)49-34-61(5)52(23-24-63(61,37(3)69)79-38(4)70)47-20-15-40-30-43(71)18-21-46(40)56(47)49/h13-14,16-17,19,22,30-32,47,49,52,76H,7-12,15,18,20-21,23-29,33-36H2,1-6H3/t47?,49?,52-,61?,62-,63-/m0/s1. The first-order valence-corrected chi connectivity index (χ1v) is 28.7. The average Bonchev–Trinajstić information content (AvgIpc) is 3.26. The number of carbonyl (C=O) groups is 6. The van der Waals surface area contributed by atoms with Gasteiger partial charge in [-0.1, -0.05) is 44.9 Å². The summed E-state index contributed by atoms with van der Waals surface area (Å²) in [7, 11) is 2.09. The Morgan fingerprint density at radius 3 is 2.38 bits per heavy atom. The molecule has 3 fully saturated rings. The number of anilines is 1. The summed E-state index contributed by atoms with van der Waals surface area (Å²) in [5, 5.41) is 11.9. The number of aliphatic hydroxyl groups is 1. The predicted octanol–water partition coefficient (Wildman–Crippen LogP) is 8.86. The highest BCUT2D eigenvalue weighted by Gasteiger charge is 2.67. The van der Waals surface area contributed by atoms with Crippen LogP contribution in [0.15, 0.2) is 76.1 Å². The number of ketones is 2. The number of cyclic esters (lactones) is 1. The number of pyridine rings is 2. The smallest absolute Gasteiger partial charge is 0.415 e. The van der Waals surface area contributed by atoms with Gasteiger partial charge in [0.25, 0.3) is 5.56 Å². The topological polar surface area (TPSA) is 195 Å². The molecule has 3 aliphatic heterocycles. The lowest BCUT2D eigenvalue weighted by molar-refractivity contribution is -0.182. The van der Waals surface area contributed by atoms with E-state index in [2.05, 4.69) is 43.1 Å². The van der Waals surface area contributed by atoms with Crippen LogP contribution in [-0.4, -0.2) is 111 Å². The normalized spacial score (nSPS) is 26.0. The van der Waals surface area contributed by atoms with Gasteiger partial charge in [0, 0.05) is 93.9 Å². The second-order valence-electron chi connectivity index (χ2n) is 23.6. The Morgan fingerprint density at radius 1 is 0.899 bits per heavy atom. The SMILES string of the molecule is CCc1c2c(nc3ccc(OC(=O)N4CCN(C(=O)CCCCCN(C)c5ccc(C6CC7(C)[C@@H](CC[C@]7(OC(C)=O)C(C)=O)C7CCC8=CC(=O)CCC8=C67)cc5)CC4)cc13)-c1cc3c(c(=O)n1C2)COC(=O)[C@](O)(CC)C3. The third-order valence-electron chi connectivity index (χ3n) is 19.3. The van der Waals surface area contributed by atoms with Gasteiger partial charge in [0.05, 0.1) is 29.0 Å². The molecule has 4 aromatic rings. The van der Waals surface area contributed by atoms with Crippen molar-refractivity contribution in [2.24, 2.45) is 17.3 Å². The Bertz CT molecular complexity index is 3330. The molecule has 6 atom stereocenters. The molecule has 1 saturated heterocycles. The van der Waals surface area contributed by atoms with E-state index in [1.54, 1.807) is 29.4 Å². The van der Waals surface area contributed by atoms with Crippen LogP contribution in [0.2, 0.25) is 0 Å². The molecule has 79 heavy (non-hydrogen) atoms. The van der Waals surface area contributed by atoms with E-state index in [0.717, 1.165) is 73.7 Å². The third kappa shape index (κ3) is 9.38. The summed E-state index contributed by atoms with van der Waals surface area (Å²) < 4.78 is 19.1. The van der Waals surface area contributed by atoms with Crippen LogP contribution in [0.5, 0.6) is 5.75 Å². The predicted molar refractivity (Wildman–Crippen MR) is 296 cm³/mol. The second kappa shape index (κ2) is 20.9. The second-order valence-corrected chi connectivity index (χ2v) is 23.6. The molecule has 5 heterocycles. The van der Waals surface area contributed by atoms with Crippen molar-refractivity contribution in [1.29, 1.82) is 0 Å². The van der Waals surface area contributed by atoms with Gasteiger partial charge < -0.3 is 38.6 Å². The van der Waals surface area contributed by atoms with Gasteiger partial charge in [-0.2, -0.15) is 0 Å². The summed E-state index contributed by atoms with van der Waals surface area (Å²) in [6, 6.07) is 16.0. The first kappa shape index (κ1) is 54.0. The molecule has 7 aliphatic rings. The van der Waals surface area contributed by atoms with Crippen LogP contribution in [0, 0.1) is 17.3 Å². The summed E-state index contributed by atoms with van der Waals surface area (Å²) in [6.07, 6.45) is 10.2. The van der Waals surface area contributed by atoms with Gasteiger partial charge >= 0.3 is 18.0 Å². The molecule has 2 aromatic heterocycles. The molecule has 0 radical (unpaired) electrons. The number of ether oxygens (including phenoxy) is 3. The van der Waals surface area contributed by atoms with Crippen molar-refractivity contribution in [1.82, 2.24) is 19.4 Å². The van der Waals surface area contributed by atoms with E-state index in [9.17, 15) is 38.7 Å². The van der Waals surface area contributed by atoms with E-state index in [1.165, 1.54) is 29.2 Å². The van der Waals surface area contributed by atoms with Crippen molar-refractivity contribution in [2.45, 2.75) is 155 Å². The molecular formula is C63H73N5O11. The van der Waals surface area contributed by atoms with Crippen molar-refractivity contribution in [3.05, 3.63) is 109 Å². The number of hydrogen-bond donors (Lipinski definition) is 1. The molecular weight excluding hydrogens is 1000 g/mol. The lowest BCUT2D eigenvalue weighted by Crippen LogP contribution is -2.57. The van der Waals surface area contributed by atoms with E-state index in [0.29, 0.717) is 92.1 Å². The Morgan fingerprint density at radius 2 is 1.66 bits per heavy atom. The lowest BCUT2D eigenvalue weighted by atomic mass is 9.50. The quantitative estimate of drug-likeness (QED) is 0.0869. The van der Waals surface area contributed by atoms with Gasteiger partial charge in [0.2, 0.25) is 5.91 Å². The van der Waals surface area contributed by atoms with Crippen LogP contribution < -0.4 is 15.2 Å². The molecule has 2 aromatic carbocycles. The molecule has 16 nitrogen and oxygen atoms in total. The van der Waals surface area contributed by atoms with Crippen molar-refractivity contribution in [2.75, 3.05) is 44.7 Å². The number of fused-ring (bicyclic) bond motifs is 9. The number of esters is 2. The van der Waals surface area contributed by atoms with Gasteiger partial charge in [-0.05, 0) is 153 Å². The van der Waals surface area contributed by atoms with Crippen LogP contribution in [0.3, 0.4) is 0 Å². The Kier molecular flexibility index (Phi) is 14.3. The zero-order valence-corrected chi connectivity index (χ0v) is 46.5. The van der Waals surface area contributed by atoms with Gasteiger partial charge in [-0.3, -0.25) is 24.0 Å². The van der Waals surface area contributed by atoms with E-state index in [-0.39, 0.29) is 66.8 Å². The Balaban J connectivity index is 0.670. The minimum atomic E-state index is -1.71. The van der Waals surface area contributed by atoms with Crippen LogP contribution in [0.25, 0.3) is 22.3 Å². The number of aryl methyl sites for hydroxylation is 1. The van der Waals surface area contributed by atoms with Gasteiger partial charge in [-0.15, -0.1) is 0 Å². The largest absolute Gasteiger partial charge is 0.458 e. The molecule has 16 heteroatoms. The molecule has 416 valence electrons. The fourth-order valence-electron chi connectivity index (χ4n) is 15.1. The lowest BCUT2D eigenvalue weighted by Gasteiger charge is -2.55. The zero-order valence-electron chi connectivity index (χ0n) is 46.5. The highest BCUT2D eigenvalue weighted by molar-refractivity contribution is 5.93. The van der Waals surface area contributed by atoms with E-state index in [4.69, 9.17) is 19.2 Å². The third-order valence-corrected chi connectivity index (χ3v) is 19.3. The number of benzene rings is 2. The molecule has 2 saturated carbocycles. The van der Waals surface area contributed by atoms with E-state index >= 15 is 0 Å². The van der Waals surface area contributed by atoms with Crippen molar-refractivity contribution < 1.29 is 48.1 Å². The maximum atomic E-state index is 13.9. The number of allylic oxidation sites excluding steroid dienone is 4. The molecule has 2 amide bonds. The number of piperazine rings is 1. The molecule has 1 N–H and O–H groups in total. The maximum Gasteiger partial charge on any atom is 0.415 e. The van der Waals surface area contributed by atoms with Crippen LogP contribution >= 0.6 is 0 Å². The molecule has 3 unspecified atom stereocenters. The summed E-state index contributed by atoms with van der Waals surface area (Å²) in [5.74, 6) is -0.0954. The minimum absolute atomic E-state index is 0.0194. The van der Waals surface area contributed by atoms with E-state index < -0.39 is 34.6 Å². The van der Waals surface area contributed by atoms with E-state index in [1.807, 2.05) is 36.1 Å². The van der Waals surface area contributed by atoms with Gasteiger partial charge in [-0.25, -0.2) is 14.6 Å². The first-order valence-electron chi connectivity index (χ1n) is 28.7. The highest BCUT2D eigenvalue weighted by atomic mass is 16.6. The van der Waals surface area contributed by atoms with Crippen molar-refractivity contribution >= 4 is 52.1 Å². The number of amides is 2. The monoisotopic (exact) mass is 1080 g/mol. The Hall–Kier alpha value is -6.94. The number of hydrogen-bond acceptors (Lipinski definition) is 13. The molecule has 4 aliphatic carbocycles. The summed E-state index contributed by atoms with van der Waals surface area (Å²) in [4.78, 5) is 103.